The van der Waals surface area contributed by atoms with Crippen LogP contribution >= 0.6 is 11.6 Å². The minimum Gasteiger partial charge on any atom is -0.352 e. The molecule has 0 saturated carbocycles. The van der Waals surface area contributed by atoms with E-state index >= 15 is 0 Å². The number of rotatable bonds is 6. The minimum atomic E-state index is -3.91. The highest BCUT2D eigenvalue weighted by atomic mass is 35.5. The Morgan fingerprint density at radius 1 is 1.12 bits per heavy atom. The molecule has 0 saturated heterocycles. The Kier molecular flexibility index (Phi) is 6.31. The molecule has 0 unspecified atom stereocenters. The molecule has 5 nitrogen and oxygen atoms in total. The standard InChI is InChI=1S/C19H23ClN2O3S/c1-13(2)21-19(23)12-22(18-10-7-16(20)11-15(18)4)26(24,25)17-8-5-14(3)6-9-17/h5-11,13H,12H2,1-4H3,(H,21,23). The number of carbonyl (C=O) groups is 1. The van der Waals surface area contributed by atoms with E-state index in [4.69, 9.17) is 11.6 Å². The van der Waals surface area contributed by atoms with Gasteiger partial charge in [-0.2, -0.15) is 0 Å². The molecule has 0 aliphatic carbocycles. The molecule has 2 rings (SSSR count). The number of nitrogens with one attached hydrogen (secondary N) is 1. The first-order valence-electron chi connectivity index (χ1n) is 8.26. The number of hydrogen-bond acceptors (Lipinski definition) is 3. The lowest BCUT2D eigenvalue weighted by Gasteiger charge is -2.26. The van der Waals surface area contributed by atoms with Gasteiger partial charge in [-0.15, -0.1) is 0 Å². The van der Waals surface area contributed by atoms with E-state index in [1.165, 1.54) is 0 Å². The largest absolute Gasteiger partial charge is 0.352 e. The molecule has 7 heteroatoms. The molecule has 0 radical (unpaired) electrons. The van der Waals surface area contributed by atoms with Crippen LogP contribution in [0.4, 0.5) is 5.69 Å². The fraction of sp³-hybridized carbons (Fsp3) is 0.316. The molecule has 2 aromatic rings. The number of halogens is 1. The zero-order chi connectivity index (χ0) is 19.5. The quantitative estimate of drug-likeness (QED) is 0.812. The van der Waals surface area contributed by atoms with E-state index in [1.807, 2.05) is 20.8 Å². The summed E-state index contributed by atoms with van der Waals surface area (Å²) in [7, 11) is -3.91. The van der Waals surface area contributed by atoms with Gasteiger partial charge in [-0.05, 0) is 63.6 Å². The molecule has 0 spiro atoms. The number of amides is 1. The summed E-state index contributed by atoms with van der Waals surface area (Å²) in [6.07, 6.45) is 0. The smallest absolute Gasteiger partial charge is 0.264 e. The van der Waals surface area contributed by atoms with Crippen molar-refractivity contribution in [1.82, 2.24) is 5.32 Å². The molecule has 1 amide bonds. The molecule has 0 atom stereocenters. The molecule has 0 aliphatic heterocycles. The van der Waals surface area contributed by atoms with Crippen molar-refractivity contribution in [3.8, 4) is 0 Å². The van der Waals surface area contributed by atoms with Crippen molar-refractivity contribution in [2.75, 3.05) is 10.8 Å². The summed E-state index contributed by atoms with van der Waals surface area (Å²) >= 11 is 6.00. The normalized spacial score (nSPS) is 11.5. The van der Waals surface area contributed by atoms with Crippen LogP contribution in [0, 0.1) is 13.8 Å². The minimum absolute atomic E-state index is 0.0854. The molecule has 0 aromatic heterocycles. The summed E-state index contributed by atoms with van der Waals surface area (Å²) in [5, 5.41) is 3.24. The zero-order valence-corrected chi connectivity index (χ0v) is 16.9. The molecule has 0 aliphatic rings. The third kappa shape index (κ3) is 4.77. The first-order valence-corrected chi connectivity index (χ1v) is 10.1. The van der Waals surface area contributed by atoms with Crippen molar-refractivity contribution >= 4 is 33.2 Å². The summed E-state index contributed by atoms with van der Waals surface area (Å²) in [5.74, 6) is -0.370. The Morgan fingerprint density at radius 2 is 1.73 bits per heavy atom. The maximum absolute atomic E-state index is 13.2. The van der Waals surface area contributed by atoms with E-state index in [1.54, 1.807) is 49.4 Å². The van der Waals surface area contributed by atoms with Crippen molar-refractivity contribution in [2.45, 2.75) is 38.6 Å². The number of aryl methyl sites for hydroxylation is 2. The van der Waals surface area contributed by atoms with Crippen LogP contribution in [-0.2, 0) is 14.8 Å². The second kappa shape index (κ2) is 8.10. The van der Waals surface area contributed by atoms with Gasteiger partial charge in [-0.3, -0.25) is 9.10 Å². The highest BCUT2D eigenvalue weighted by Crippen LogP contribution is 2.28. The van der Waals surface area contributed by atoms with E-state index in [-0.39, 0.29) is 23.4 Å². The summed E-state index contributed by atoms with van der Waals surface area (Å²) in [5.41, 5.74) is 2.05. The number of carbonyl (C=O) groups excluding carboxylic acids is 1. The predicted octanol–water partition coefficient (Wildman–Crippen LogP) is 3.68. The van der Waals surface area contributed by atoms with Crippen molar-refractivity contribution in [3.05, 3.63) is 58.6 Å². The molecular formula is C19H23ClN2O3S. The molecule has 26 heavy (non-hydrogen) atoms. The molecule has 0 heterocycles. The maximum atomic E-state index is 13.2. The number of sulfonamides is 1. The average Bonchev–Trinajstić information content (AvgIpc) is 2.53. The van der Waals surface area contributed by atoms with E-state index in [9.17, 15) is 13.2 Å². The van der Waals surface area contributed by atoms with Gasteiger partial charge in [0.25, 0.3) is 10.0 Å². The lowest BCUT2D eigenvalue weighted by molar-refractivity contribution is -0.120. The van der Waals surface area contributed by atoms with Crippen molar-refractivity contribution in [3.63, 3.8) is 0 Å². The molecule has 0 fully saturated rings. The van der Waals surface area contributed by atoms with Crippen LogP contribution in [0.15, 0.2) is 47.4 Å². The Morgan fingerprint density at radius 3 is 2.27 bits per heavy atom. The second-order valence-electron chi connectivity index (χ2n) is 6.48. The number of hydrogen-bond donors (Lipinski definition) is 1. The van der Waals surface area contributed by atoms with Crippen LogP contribution in [0.25, 0.3) is 0 Å². The Balaban J connectivity index is 2.52. The van der Waals surface area contributed by atoms with Crippen molar-refractivity contribution < 1.29 is 13.2 Å². The van der Waals surface area contributed by atoms with Crippen LogP contribution in [-0.4, -0.2) is 26.9 Å². The molecule has 2 aromatic carbocycles. The van der Waals surface area contributed by atoms with Gasteiger partial charge >= 0.3 is 0 Å². The fourth-order valence-electron chi connectivity index (χ4n) is 2.53. The van der Waals surface area contributed by atoms with Gasteiger partial charge in [0, 0.05) is 11.1 Å². The van der Waals surface area contributed by atoms with Gasteiger partial charge < -0.3 is 5.32 Å². The topological polar surface area (TPSA) is 66.5 Å². The number of nitrogens with zero attached hydrogens (tertiary/aromatic N) is 1. The molecule has 140 valence electrons. The van der Waals surface area contributed by atoms with Crippen LogP contribution in [0.5, 0.6) is 0 Å². The average molecular weight is 395 g/mol. The van der Waals surface area contributed by atoms with E-state index in [2.05, 4.69) is 5.32 Å². The van der Waals surface area contributed by atoms with E-state index in [0.29, 0.717) is 16.3 Å². The summed E-state index contributed by atoms with van der Waals surface area (Å²) in [4.78, 5) is 12.4. The van der Waals surface area contributed by atoms with Crippen LogP contribution in [0.3, 0.4) is 0 Å². The Bertz CT molecular complexity index is 894. The van der Waals surface area contributed by atoms with Crippen LogP contribution < -0.4 is 9.62 Å². The zero-order valence-electron chi connectivity index (χ0n) is 15.3. The van der Waals surface area contributed by atoms with Crippen molar-refractivity contribution in [2.24, 2.45) is 0 Å². The van der Waals surface area contributed by atoms with E-state index < -0.39 is 10.0 Å². The van der Waals surface area contributed by atoms with Gasteiger partial charge in [0.05, 0.1) is 10.6 Å². The SMILES string of the molecule is Cc1ccc(S(=O)(=O)N(CC(=O)NC(C)C)c2ccc(Cl)cc2C)cc1. The third-order valence-corrected chi connectivity index (χ3v) is 5.78. The highest BCUT2D eigenvalue weighted by molar-refractivity contribution is 7.92. The van der Waals surface area contributed by atoms with Gasteiger partial charge in [0.2, 0.25) is 5.91 Å². The lowest BCUT2D eigenvalue weighted by Crippen LogP contribution is -2.43. The van der Waals surface area contributed by atoms with Gasteiger partial charge in [0.1, 0.15) is 6.54 Å². The highest BCUT2D eigenvalue weighted by Gasteiger charge is 2.28. The summed E-state index contributed by atoms with van der Waals surface area (Å²) in [6, 6.07) is 11.4. The number of anilines is 1. The first kappa shape index (κ1) is 20.3. The molecule has 1 N–H and O–H groups in total. The van der Waals surface area contributed by atoms with Gasteiger partial charge in [-0.1, -0.05) is 29.3 Å². The summed E-state index contributed by atoms with van der Waals surface area (Å²) < 4.78 is 27.6. The summed E-state index contributed by atoms with van der Waals surface area (Å²) in [6.45, 7) is 6.98. The number of benzene rings is 2. The molecule has 0 bridgehead atoms. The first-order chi connectivity index (χ1) is 12.1. The lowest BCUT2D eigenvalue weighted by atomic mass is 10.2. The van der Waals surface area contributed by atoms with Crippen LogP contribution in [0.2, 0.25) is 5.02 Å². The van der Waals surface area contributed by atoms with Gasteiger partial charge in [-0.25, -0.2) is 8.42 Å². The van der Waals surface area contributed by atoms with Gasteiger partial charge in [0.15, 0.2) is 0 Å². The van der Waals surface area contributed by atoms with Crippen LogP contribution in [0.1, 0.15) is 25.0 Å². The maximum Gasteiger partial charge on any atom is 0.264 e. The predicted molar refractivity (Wildman–Crippen MR) is 105 cm³/mol. The Labute approximate surface area is 160 Å². The Hall–Kier alpha value is -2.05. The second-order valence-corrected chi connectivity index (χ2v) is 8.78. The van der Waals surface area contributed by atoms with Crippen molar-refractivity contribution in [1.29, 1.82) is 0 Å². The van der Waals surface area contributed by atoms with E-state index in [0.717, 1.165) is 9.87 Å². The monoisotopic (exact) mass is 394 g/mol. The third-order valence-electron chi connectivity index (χ3n) is 3.77. The fourth-order valence-corrected chi connectivity index (χ4v) is 4.25. The molecular weight excluding hydrogens is 372 g/mol.